The van der Waals surface area contributed by atoms with E-state index in [1.165, 1.54) is 16.5 Å². The number of hydrogen-bond acceptors (Lipinski definition) is 2. The lowest BCUT2D eigenvalue weighted by Crippen LogP contribution is -2.30. The number of fused-ring (bicyclic) bond motifs is 3. The van der Waals surface area contributed by atoms with Crippen LogP contribution in [0.15, 0.2) is 10.8 Å². The van der Waals surface area contributed by atoms with E-state index in [2.05, 4.69) is 31.3 Å². The van der Waals surface area contributed by atoms with E-state index in [0.29, 0.717) is 0 Å². The molecule has 15 heavy (non-hydrogen) atoms. The van der Waals surface area contributed by atoms with E-state index in [1.54, 1.807) is 0 Å². The number of nitrogens with zero attached hydrogens (tertiary/aromatic N) is 2. The Morgan fingerprint density at radius 1 is 1.53 bits per heavy atom. The van der Waals surface area contributed by atoms with Crippen LogP contribution in [0.4, 0.5) is 0 Å². The maximum atomic E-state index is 4.43. The molecule has 0 saturated heterocycles. The van der Waals surface area contributed by atoms with Crippen LogP contribution in [0.3, 0.4) is 0 Å². The number of nitrogens with one attached hydrogen (secondary N) is 2. The molecule has 1 aliphatic heterocycles. The zero-order valence-corrected chi connectivity index (χ0v) is 10.1. The number of aromatic nitrogens is 3. The average Bonchev–Trinajstić information content (AvgIpc) is 2.55. The second-order valence-electron chi connectivity index (χ2n) is 3.87. The molecule has 1 aliphatic rings. The molecular weight excluding hydrogens is 256 g/mol. The third kappa shape index (κ3) is 1.30. The van der Waals surface area contributed by atoms with E-state index in [-0.39, 0.29) is 0 Å². The van der Waals surface area contributed by atoms with E-state index >= 15 is 0 Å². The smallest absolute Gasteiger partial charge is 0.282 e. The Morgan fingerprint density at radius 3 is 3.27 bits per heavy atom. The van der Waals surface area contributed by atoms with Crippen molar-refractivity contribution in [1.29, 1.82) is 0 Å². The fourth-order valence-electron chi connectivity index (χ4n) is 2.15. The van der Waals surface area contributed by atoms with Crippen molar-refractivity contribution >= 4 is 27.0 Å². The van der Waals surface area contributed by atoms with Crippen LogP contribution in [0, 0.1) is 0 Å². The predicted octanol–water partition coefficient (Wildman–Crippen LogP) is 0.796. The summed E-state index contributed by atoms with van der Waals surface area (Å²) in [6.07, 6.45) is 3.04. The molecule has 0 radical (unpaired) electrons. The molecule has 3 rings (SSSR count). The quantitative estimate of drug-likeness (QED) is 0.694. The van der Waals surface area contributed by atoms with Gasteiger partial charge in [0.05, 0.1) is 0 Å². The van der Waals surface area contributed by atoms with Crippen LogP contribution in [-0.2, 0) is 20.0 Å². The number of H-pyrrole nitrogens is 1. The van der Waals surface area contributed by atoms with Crippen LogP contribution in [0.25, 0.3) is 11.0 Å². The Hall–Kier alpha value is -0.940. The molecule has 2 aromatic rings. The second kappa shape index (κ2) is 3.28. The van der Waals surface area contributed by atoms with Crippen LogP contribution in [-0.4, -0.2) is 16.6 Å². The minimum absolute atomic E-state index is 0.930. The summed E-state index contributed by atoms with van der Waals surface area (Å²) in [4.78, 5) is 4.43. The minimum atomic E-state index is 0.930. The molecule has 0 aliphatic carbocycles. The first-order chi connectivity index (χ1) is 7.27. The Balaban J connectivity index is 2.39. The number of hydrogen-bond donors (Lipinski definition) is 2. The summed E-state index contributed by atoms with van der Waals surface area (Å²) in [5.41, 5.74) is 3.70. The van der Waals surface area contributed by atoms with Crippen molar-refractivity contribution in [3.63, 3.8) is 0 Å². The van der Waals surface area contributed by atoms with Crippen molar-refractivity contribution in [3.05, 3.63) is 21.9 Å². The van der Waals surface area contributed by atoms with Gasteiger partial charge >= 0.3 is 0 Å². The summed E-state index contributed by atoms with van der Waals surface area (Å²) in [6.45, 7) is 1.98. The molecule has 3 heterocycles. The molecule has 78 valence electrons. The Bertz CT molecular complexity index is 532. The van der Waals surface area contributed by atoms with Gasteiger partial charge in [-0.15, -0.1) is 9.78 Å². The highest BCUT2D eigenvalue weighted by Crippen LogP contribution is 2.26. The molecule has 0 fully saturated rings. The monoisotopic (exact) mass is 267 g/mol. The van der Waals surface area contributed by atoms with Crippen LogP contribution in [0.5, 0.6) is 0 Å². The first kappa shape index (κ1) is 9.30. The van der Waals surface area contributed by atoms with Crippen molar-refractivity contribution in [1.82, 2.24) is 15.4 Å². The molecule has 0 bridgehead atoms. The highest BCUT2D eigenvalue weighted by Gasteiger charge is 2.21. The SMILES string of the molecule is C[n+]1[nH]c2ncc3c(c2c1Br)CCNC3. The second-order valence-corrected chi connectivity index (χ2v) is 4.63. The highest BCUT2D eigenvalue weighted by atomic mass is 79.9. The van der Waals surface area contributed by atoms with Crippen molar-refractivity contribution in [2.24, 2.45) is 7.05 Å². The predicted molar refractivity (Wildman–Crippen MR) is 60.4 cm³/mol. The van der Waals surface area contributed by atoms with E-state index in [4.69, 9.17) is 0 Å². The van der Waals surface area contributed by atoms with Crippen LogP contribution in [0.2, 0.25) is 0 Å². The van der Waals surface area contributed by atoms with Crippen molar-refractivity contribution < 1.29 is 4.68 Å². The van der Waals surface area contributed by atoms with Crippen LogP contribution >= 0.6 is 15.9 Å². The number of rotatable bonds is 0. The van der Waals surface area contributed by atoms with E-state index in [0.717, 1.165) is 29.8 Å². The molecule has 4 nitrogen and oxygen atoms in total. The van der Waals surface area contributed by atoms with Gasteiger partial charge in [-0.3, -0.25) is 0 Å². The molecule has 2 N–H and O–H groups in total. The summed E-state index contributed by atoms with van der Waals surface area (Å²) in [5.74, 6) is 0. The van der Waals surface area contributed by atoms with Gasteiger partial charge in [0.1, 0.15) is 5.39 Å². The van der Waals surface area contributed by atoms with Gasteiger partial charge in [-0.25, -0.2) is 4.98 Å². The molecule has 2 aromatic heterocycles. The lowest BCUT2D eigenvalue weighted by molar-refractivity contribution is -0.734. The molecule has 0 amide bonds. The standard InChI is InChI=1S/C10H11BrN4/c1-15-9(11)8-7-2-3-12-4-6(7)5-13-10(8)14-15/h5,12H,2-4H2,1H3/p+1. The number of aromatic amines is 1. The Kier molecular flexibility index (Phi) is 2.03. The molecule has 0 spiro atoms. The molecule has 0 atom stereocenters. The molecule has 5 heteroatoms. The van der Waals surface area contributed by atoms with Gasteiger partial charge in [0, 0.05) is 28.7 Å². The van der Waals surface area contributed by atoms with Gasteiger partial charge in [-0.2, -0.15) is 0 Å². The van der Waals surface area contributed by atoms with Gasteiger partial charge in [0.2, 0.25) is 0 Å². The van der Waals surface area contributed by atoms with E-state index in [9.17, 15) is 0 Å². The van der Waals surface area contributed by atoms with Gasteiger partial charge in [-0.1, -0.05) is 0 Å². The zero-order chi connectivity index (χ0) is 10.4. The van der Waals surface area contributed by atoms with Gasteiger partial charge in [-0.05, 0) is 24.1 Å². The Morgan fingerprint density at radius 2 is 2.40 bits per heavy atom. The summed E-state index contributed by atoms with van der Waals surface area (Å²) in [7, 11) is 1.99. The summed E-state index contributed by atoms with van der Waals surface area (Å²) < 4.78 is 3.05. The van der Waals surface area contributed by atoms with Gasteiger partial charge in [0.15, 0.2) is 12.7 Å². The third-order valence-electron chi connectivity index (χ3n) is 2.92. The number of pyridine rings is 1. The largest absolute Gasteiger partial charge is 0.312 e. The van der Waals surface area contributed by atoms with Crippen LogP contribution in [0.1, 0.15) is 11.1 Å². The molecule has 0 saturated carbocycles. The maximum absolute atomic E-state index is 4.43. The molecule has 0 unspecified atom stereocenters. The number of halogens is 1. The third-order valence-corrected chi connectivity index (χ3v) is 3.85. The zero-order valence-electron chi connectivity index (χ0n) is 8.47. The van der Waals surface area contributed by atoms with Crippen molar-refractivity contribution in [3.8, 4) is 0 Å². The average molecular weight is 268 g/mol. The molecular formula is C10H12BrN4+. The maximum Gasteiger partial charge on any atom is 0.282 e. The summed E-state index contributed by atoms with van der Waals surface area (Å²) in [6, 6.07) is 0. The Labute approximate surface area is 95.8 Å². The summed E-state index contributed by atoms with van der Waals surface area (Å²) in [5, 5.41) is 7.81. The van der Waals surface area contributed by atoms with E-state index in [1.807, 2.05) is 17.9 Å². The van der Waals surface area contributed by atoms with Gasteiger partial charge < -0.3 is 5.32 Å². The van der Waals surface area contributed by atoms with Crippen molar-refractivity contribution in [2.75, 3.05) is 6.54 Å². The minimum Gasteiger partial charge on any atom is -0.312 e. The molecule has 0 aromatic carbocycles. The highest BCUT2D eigenvalue weighted by molar-refractivity contribution is 9.10. The summed E-state index contributed by atoms with van der Waals surface area (Å²) >= 11 is 3.60. The topological polar surface area (TPSA) is 44.6 Å². The van der Waals surface area contributed by atoms with Crippen molar-refractivity contribution in [2.45, 2.75) is 13.0 Å². The van der Waals surface area contributed by atoms with Gasteiger partial charge in [0.25, 0.3) is 4.60 Å². The fraction of sp³-hybridized carbons (Fsp3) is 0.400. The first-order valence-electron chi connectivity index (χ1n) is 5.02. The van der Waals surface area contributed by atoms with Crippen LogP contribution < -0.4 is 10.00 Å². The van der Waals surface area contributed by atoms with E-state index < -0.39 is 0 Å². The first-order valence-corrected chi connectivity index (χ1v) is 5.81. The lowest BCUT2D eigenvalue weighted by Gasteiger charge is -2.16. The lowest BCUT2D eigenvalue weighted by atomic mass is 10.0. The fourth-order valence-corrected chi connectivity index (χ4v) is 2.66. The normalized spacial score (nSPS) is 15.6. The number of aryl methyl sites for hydroxylation is 1.